The Labute approximate surface area is 147 Å². The second-order valence-corrected chi connectivity index (χ2v) is 7.08. The number of rotatable bonds is 4. The average Bonchev–Trinajstić information content (AvgIpc) is 2.86. The van der Waals surface area contributed by atoms with Crippen LogP contribution in [0, 0.1) is 0 Å². The smallest absolute Gasteiger partial charge is 0.322 e. The average molecular weight is 340 g/mol. The van der Waals surface area contributed by atoms with Gasteiger partial charge >= 0.3 is 6.03 Å². The number of aromatic nitrogens is 2. The van der Waals surface area contributed by atoms with Gasteiger partial charge in [-0.15, -0.1) is 0 Å². The summed E-state index contributed by atoms with van der Waals surface area (Å²) in [4.78, 5) is 14.4. The lowest BCUT2D eigenvalue weighted by atomic mass is 9.82. The quantitative estimate of drug-likeness (QED) is 0.930. The molecule has 0 unspecified atom stereocenters. The van der Waals surface area contributed by atoms with Crippen molar-refractivity contribution in [2.24, 2.45) is 7.05 Å². The fourth-order valence-electron chi connectivity index (χ4n) is 3.66. The highest BCUT2D eigenvalue weighted by atomic mass is 16.5. The van der Waals surface area contributed by atoms with E-state index in [0.29, 0.717) is 19.0 Å². The zero-order chi connectivity index (χ0) is 17.4. The van der Waals surface area contributed by atoms with Crippen LogP contribution in [0.3, 0.4) is 0 Å². The van der Waals surface area contributed by atoms with Gasteiger partial charge in [-0.2, -0.15) is 5.10 Å². The van der Waals surface area contributed by atoms with E-state index in [1.807, 2.05) is 31.4 Å². The number of urea groups is 1. The van der Waals surface area contributed by atoms with Crippen molar-refractivity contribution in [3.05, 3.63) is 47.8 Å². The van der Waals surface area contributed by atoms with Gasteiger partial charge in [0, 0.05) is 26.3 Å². The van der Waals surface area contributed by atoms with Crippen molar-refractivity contribution < 1.29 is 9.53 Å². The Kier molecular flexibility index (Phi) is 4.00. The zero-order valence-electron chi connectivity index (χ0n) is 14.7. The molecule has 6 heteroatoms. The van der Waals surface area contributed by atoms with Crippen LogP contribution in [0.15, 0.2) is 36.5 Å². The number of aryl methyl sites for hydroxylation is 1. The summed E-state index contributed by atoms with van der Waals surface area (Å²) < 4.78 is 7.53. The van der Waals surface area contributed by atoms with Crippen LogP contribution in [0.4, 0.5) is 10.5 Å². The first-order valence-electron chi connectivity index (χ1n) is 8.81. The molecular weight excluding hydrogens is 316 g/mol. The lowest BCUT2D eigenvalue weighted by molar-refractivity contribution is -0.109. The Bertz CT molecular complexity index is 761. The van der Waals surface area contributed by atoms with Gasteiger partial charge in [0.2, 0.25) is 0 Å². The second-order valence-electron chi connectivity index (χ2n) is 7.08. The second kappa shape index (κ2) is 6.19. The molecule has 2 aliphatic rings. The SMILES string of the molecule is COC1(c2ccccc2)CN(C(=O)Nc2cn(C)nc2C2CCC2)C1. The molecule has 1 aliphatic carbocycles. The number of methoxy groups -OCH3 is 1. The number of hydrogen-bond acceptors (Lipinski definition) is 3. The van der Waals surface area contributed by atoms with E-state index in [2.05, 4.69) is 22.5 Å². The Balaban J connectivity index is 1.44. The molecule has 1 aromatic heterocycles. The monoisotopic (exact) mass is 340 g/mol. The third kappa shape index (κ3) is 2.80. The summed E-state index contributed by atoms with van der Waals surface area (Å²) in [5.74, 6) is 0.482. The normalized spacial score (nSPS) is 19.2. The maximum Gasteiger partial charge on any atom is 0.322 e. The van der Waals surface area contributed by atoms with E-state index in [9.17, 15) is 4.79 Å². The van der Waals surface area contributed by atoms with E-state index in [1.165, 1.54) is 6.42 Å². The Morgan fingerprint density at radius 2 is 2.00 bits per heavy atom. The van der Waals surface area contributed by atoms with E-state index in [4.69, 9.17) is 4.74 Å². The van der Waals surface area contributed by atoms with Gasteiger partial charge in [-0.25, -0.2) is 4.79 Å². The highest BCUT2D eigenvalue weighted by molar-refractivity contribution is 5.90. The van der Waals surface area contributed by atoms with Gasteiger partial charge in [0.25, 0.3) is 0 Å². The van der Waals surface area contributed by atoms with Gasteiger partial charge in [-0.3, -0.25) is 4.68 Å². The number of hydrogen-bond donors (Lipinski definition) is 1. The molecule has 2 heterocycles. The number of ether oxygens (including phenoxy) is 1. The van der Waals surface area contributed by atoms with Crippen molar-refractivity contribution in [1.29, 1.82) is 0 Å². The fourth-order valence-corrected chi connectivity index (χ4v) is 3.66. The summed E-state index contributed by atoms with van der Waals surface area (Å²) in [5, 5.41) is 7.58. The van der Waals surface area contributed by atoms with Crippen LogP contribution in [0.1, 0.15) is 36.4 Å². The Hall–Kier alpha value is -2.34. The summed E-state index contributed by atoms with van der Waals surface area (Å²) in [7, 11) is 3.60. The molecule has 0 radical (unpaired) electrons. The standard InChI is InChI=1S/C19H24N4O2/c1-22-11-16(17(21-22)14-7-6-8-14)20-18(24)23-12-19(13-23,25-2)15-9-4-3-5-10-15/h3-5,9-11,14H,6-8,12-13H2,1-2H3,(H,20,24). The molecule has 1 saturated heterocycles. The molecular formula is C19H24N4O2. The minimum absolute atomic E-state index is 0.0859. The van der Waals surface area contributed by atoms with Crippen LogP contribution in [0.25, 0.3) is 0 Å². The maximum atomic E-state index is 12.6. The van der Waals surface area contributed by atoms with Crippen LogP contribution in [-0.4, -0.2) is 40.9 Å². The topological polar surface area (TPSA) is 59.4 Å². The van der Waals surface area contributed by atoms with E-state index < -0.39 is 5.60 Å². The largest absolute Gasteiger partial charge is 0.370 e. The van der Waals surface area contributed by atoms with Crippen molar-refractivity contribution in [2.45, 2.75) is 30.8 Å². The number of anilines is 1. The van der Waals surface area contributed by atoms with Crippen molar-refractivity contribution in [3.63, 3.8) is 0 Å². The van der Waals surface area contributed by atoms with E-state index in [0.717, 1.165) is 29.8 Å². The van der Waals surface area contributed by atoms with Crippen molar-refractivity contribution in [3.8, 4) is 0 Å². The zero-order valence-corrected chi connectivity index (χ0v) is 14.7. The van der Waals surface area contributed by atoms with Crippen molar-refractivity contribution >= 4 is 11.7 Å². The number of amides is 2. The summed E-state index contributed by atoms with van der Waals surface area (Å²) >= 11 is 0. The minimum Gasteiger partial charge on any atom is -0.370 e. The van der Waals surface area contributed by atoms with Gasteiger partial charge in [0.05, 0.1) is 24.5 Å². The van der Waals surface area contributed by atoms with Gasteiger partial charge in [-0.05, 0) is 18.4 Å². The highest BCUT2D eigenvalue weighted by Crippen LogP contribution is 2.39. The van der Waals surface area contributed by atoms with Crippen LogP contribution in [-0.2, 0) is 17.4 Å². The molecule has 2 fully saturated rings. The molecule has 4 rings (SSSR count). The van der Waals surface area contributed by atoms with Gasteiger partial charge in [0.1, 0.15) is 5.60 Å². The molecule has 1 N–H and O–H groups in total. The first-order chi connectivity index (χ1) is 12.1. The van der Waals surface area contributed by atoms with Gasteiger partial charge in [-0.1, -0.05) is 36.8 Å². The maximum absolute atomic E-state index is 12.6. The van der Waals surface area contributed by atoms with Crippen molar-refractivity contribution in [2.75, 3.05) is 25.5 Å². The van der Waals surface area contributed by atoms with Crippen LogP contribution in [0.5, 0.6) is 0 Å². The molecule has 6 nitrogen and oxygen atoms in total. The molecule has 2 amide bonds. The number of benzene rings is 1. The predicted molar refractivity (Wildman–Crippen MR) is 95.5 cm³/mol. The number of likely N-dealkylation sites (tertiary alicyclic amines) is 1. The highest BCUT2D eigenvalue weighted by Gasteiger charge is 2.47. The van der Waals surface area contributed by atoms with E-state index >= 15 is 0 Å². The molecule has 0 bridgehead atoms. The number of carbonyl (C=O) groups is 1. The molecule has 1 aromatic carbocycles. The van der Waals surface area contributed by atoms with Crippen molar-refractivity contribution in [1.82, 2.24) is 14.7 Å². The molecule has 0 atom stereocenters. The Morgan fingerprint density at radius 1 is 1.28 bits per heavy atom. The van der Waals surface area contributed by atoms with Crippen LogP contribution >= 0.6 is 0 Å². The predicted octanol–water partition coefficient (Wildman–Crippen LogP) is 3.08. The lowest BCUT2D eigenvalue weighted by Crippen LogP contribution is -2.63. The number of nitrogens with zero attached hydrogens (tertiary/aromatic N) is 3. The van der Waals surface area contributed by atoms with E-state index in [1.54, 1.807) is 16.7 Å². The van der Waals surface area contributed by atoms with Gasteiger partial charge < -0.3 is 15.0 Å². The summed E-state index contributed by atoms with van der Waals surface area (Å²) in [5.41, 5.74) is 2.57. The number of nitrogens with one attached hydrogen (secondary N) is 1. The summed E-state index contributed by atoms with van der Waals surface area (Å²) in [6, 6.07) is 10.00. The molecule has 0 spiro atoms. The van der Waals surface area contributed by atoms with Gasteiger partial charge in [0.15, 0.2) is 0 Å². The molecule has 1 saturated carbocycles. The lowest BCUT2D eigenvalue weighted by Gasteiger charge is -2.49. The van der Waals surface area contributed by atoms with Crippen LogP contribution in [0.2, 0.25) is 0 Å². The minimum atomic E-state index is -0.398. The molecule has 2 aromatic rings. The third-order valence-electron chi connectivity index (χ3n) is 5.46. The number of carbonyl (C=O) groups excluding carboxylic acids is 1. The van der Waals surface area contributed by atoms with Crippen LogP contribution < -0.4 is 5.32 Å². The third-order valence-corrected chi connectivity index (χ3v) is 5.46. The summed E-state index contributed by atoms with van der Waals surface area (Å²) in [6.07, 6.45) is 5.45. The summed E-state index contributed by atoms with van der Waals surface area (Å²) in [6.45, 7) is 1.11. The molecule has 132 valence electrons. The molecule has 25 heavy (non-hydrogen) atoms. The Morgan fingerprint density at radius 3 is 2.60 bits per heavy atom. The van der Waals surface area contributed by atoms with E-state index in [-0.39, 0.29) is 6.03 Å². The fraction of sp³-hybridized carbons (Fsp3) is 0.474. The first-order valence-corrected chi connectivity index (χ1v) is 8.81. The molecule has 1 aliphatic heterocycles. The first kappa shape index (κ1) is 16.1.